The standard InChI is InChI=1S/C18H30N4O3/c1-15-4-9-22(19-15)11-10-21-7-3-6-18(17(23)24)14-20(12-13-25-2)8-5-16(18)21/h4,9,16H,3,5-8,10-14H2,1-2H3,(H,23,24)/t16-,18+/m1/s1. The summed E-state index contributed by atoms with van der Waals surface area (Å²) in [6.07, 6.45) is 4.62. The molecule has 0 aromatic carbocycles. The third-order valence-electron chi connectivity index (χ3n) is 5.80. The molecule has 3 rings (SSSR count). The zero-order valence-corrected chi connectivity index (χ0v) is 15.4. The minimum atomic E-state index is -0.649. The van der Waals surface area contributed by atoms with Crippen LogP contribution in [0.1, 0.15) is 25.0 Å². The minimum absolute atomic E-state index is 0.120. The lowest BCUT2D eigenvalue weighted by molar-refractivity contribution is -0.164. The summed E-state index contributed by atoms with van der Waals surface area (Å²) in [5.74, 6) is -0.640. The van der Waals surface area contributed by atoms with Crippen LogP contribution in [0.15, 0.2) is 12.3 Å². The number of likely N-dealkylation sites (tertiary alicyclic amines) is 2. The van der Waals surface area contributed by atoms with Crippen LogP contribution in [-0.2, 0) is 16.1 Å². The lowest BCUT2D eigenvalue weighted by atomic mass is 9.69. The maximum Gasteiger partial charge on any atom is 0.312 e. The summed E-state index contributed by atoms with van der Waals surface area (Å²) in [5.41, 5.74) is 0.370. The van der Waals surface area contributed by atoms with Crippen LogP contribution in [-0.4, -0.2) is 83.1 Å². The topological polar surface area (TPSA) is 70.8 Å². The average Bonchev–Trinajstić information content (AvgIpc) is 3.02. The minimum Gasteiger partial charge on any atom is -0.481 e. The molecule has 3 heterocycles. The summed E-state index contributed by atoms with van der Waals surface area (Å²) < 4.78 is 7.13. The van der Waals surface area contributed by atoms with Gasteiger partial charge in [0.2, 0.25) is 0 Å². The van der Waals surface area contributed by atoms with Gasteiger partial charge in [0.05, 0.1) is 24.3 Å². The number of hydrogen-bond acceptors (Lipinski definition) is 5. The highest BCUT2D eigenvalue weighted by atomic mass is 16.5. The summed E-state index contributed by atoms with van der Waals surface area (Å²) >= 11 is 0. The highest BCUT2D eigenvalue weighted by Crippen LogP contribution is 2.41. The van der Waals surface area contributed by atoms with Gasteiger partial charge in [-0.15, -0.1) is 0 Å². The molecule has 0 saturated carbocycles. The van der Waals surface area contributed by atoms with E-state index in [1.54, 1.807) is 7.11 Å². The lowest BCUT2D eigenvalue weighted by Crippen LogP contribution is -2.64. The average molecular weight is 350 g/mol. The van der Waals surface area contributed by atoms with Crippen molar-refractivity contribution in [1.82, 2.24) is 19.6 Å². The number of aliphatic carboxylic acids is 1. The molecule has 2 saturated heterocycles. The number of methoxy groups -OCH3 is 1. The molecule has 0 amide bonds. The molecule has 2 aliphatic rings. The van der Waals surface area contributed by atoms with Gasteiger partial charge in [-0.25, -0.2) is 0 Å². The third kappa shape index (κ3) is 3.88. The van der Waals surface area contributed by atoms with Crippen molar-refractivity contribution in [2.45, 2.75) is 38.8 Å². The molecule has 140 valence electrons. The number of nitrogens with zero attached hydrogens (tertiary/aromatic N) is 4. The molecule has 2 atom stereocenters. The predicted molar refractivity (Wildman–Crippen MR) is 94.6 cm³/mol. The van der Waals surface area contributed by atoms with Crippen LogP contribution >= 0.6 is 0 Å². The van der Waals surface area contributed by atoms with E-state index in [9.17, 15) is 9.90 Å². The second kappa shape index (κ2) is 7.85. The van der Waals surface area contributed by atoms with Crippen LogP contribution in [0, 0.1) is 12.3 Å². The molecule has 0 spiro atoms. The van der Waals surface area contributed by atoms with Crippen LogP contribution in [0.2, 0.25) is 0 Å². The van der Waals surface area contributed by atoms with E-state index in [0.717, 1.165) is 57.7 Å². The molecule has 25 heavy (non-hydrogen) atoms. The number of hydrogen-bond donors (Lipinski definition) is 1. The van der Waals surface area contributed by atoms with Crippen LogP contribution < -0.4 is 0 Å². The molecule has 1 aromatic heterocycles. The Morgan fingerprint density at radius 1 is 1.40 bits per heavy atom. The van der Waals surface area contributed by atoms with Crippen molar-refractivity contribution in [1.29, 1.82) is 0 Å². The van der Waals surface area contributed by atoms with Crippen molar-refractivity contribution in [3.8, 4) is 0 Å². The predicted octanol–water partition coefficient (Wildman–Crippen LogP) is 1.08. The van der Waals surface area contributed by atoms with Crippen molar-refractivity contribution < 1.29 is 14.6 Å². The van der Waals surface area contributed by atoms with Crippen molar-refractivity contribution in [2.24, 2.45) is 5.41 Å². The van der Waals surface area contributed by atoms with Crippen LogP contribution in [0.25, 0.3) is 0 Å². The van der Waals surface area contributed by atoms with Gasteiger partial charge in [-0.05, 0) is 45.3 Å². The van der Waals surface area contributed by atoms with Crippen molar-refractivity contribution >= 4 is 5.97 Å². The molecule has 1 aromatic rings. The Labute approximate surface area is 149 Å². The number of fused-ring (bicyclic) bond motifs is 1. The number of rotatable bonds is 7. The smallest absolute Gasteiger partial charge is 0.312 e. The molecule has 0 bridgehead atoms. The maximum atomic E-state index is 12.3. The summed E-state index contributed by atoms with van der Waals surface area (Å²) in [6.45, 7) is 7.69. The van der Waals surface area contributed by atoms with Gasteiger partial charge in [0.15, 0.2) is 0 Å². The van der Waals surface area contributed by atoms with Crippen LogP contribution in [0.4, 0.5) is 0 Å². The number of piperidine rings is 2. The summed E-state index contributed by atoms with van der Waals surface area (Å²) in [5, 5.41) is 14.5. The Kier molecular flexibility index (Phi) is 5.76. The largest absolute Gasteiger partial charge is 0.481 e. The fourth-order valence-electron chi connectivity index (χ4n) is 4.51. The van der Waals surface area contributed by atoms with E-state index in [2.05, 4.69) is 14.9 Å². The van der Waals surface area contributed by atoms with E-state index in [1.165, 1.54) is 0 Å². The van der Waals surface area contributed by atoms with E-state index < -0.39 is 11.4 Å². The second-order valence-corrected chi connectivity index (χ2v) is 7.39. The van der Waals surface area contributed by atoms with Gasteiger partial charge in [0, 0.05) is 39.0 Å². The van der Waals surface area contributed by atoms with Gasteiger partial charge < -0.3 is 9.84 Å². The van der Waals surface area contributed by atoms with Gasteiger partial charge >= 0.3 is 5.97 Å². The number of aromatic nitrogens is 2. The number of carboxylic acids is 1. The van der Waals surface area contributed by atoms with Gasteiger partial charge in [0.1, 0.15) is 0 Å². The number of carbonyl (C=O) groups is 1. The maximum absolute atomic E-state index is 12.3. The van der Waals surface area contributed by atoms with E-state index in [1.807, 2.05) is 23.9 Å². The lowest BCUT2D eigenvalue weighted by Gasteiger charge is -2.53. The summed E-state index contributed by atoms with van der Waals surface area (Å²) in [4.78, 5) is 16.9. The van der Waals surface area contributed by atoms with Gasteiger partial charge in [-0.2, -0.15) is 5.10 Å². The Balaban J connectivity index is 1.69. The van der Waals surface area contributed by atoms with Gasteiger partial charge in [0.25, 0.3) is 0 Å². The fourth-order valence-corrected chi connectivity index (χ4v) is 4.51. The Hall–Kier alpha value is -1.44. The fraction of sp³-hybridized carbons (Fsp3) is 0.778. The molecule has 0 unspecified atom stereocenters. The Morgan fingerprint density at radius 2 is 2.24 bits per heavy atom. The monoisotopic (exact) mass is 350 g/mol. The number of aryl methyl sites for hydroxylation is 1. The Morgan fingerprint density at radius 3 is 2.92 bits per heavy atom. The van der Waals surface area contributed by atoms with Crippen molar-refractivity contribution in [3.63, 3.8) is 0 Å². The zero-order chi connectivity index (χ0) is 17.9. The van der Waals surface area contributed by atoms with E-state index in [4.69, 9.17) is 4.74 Å². The Bertz CT molecular complexity index is 591. The van der Waals surface area contributed by atoms with Gasteiger partial charge in [-0.3, -0.25) is 19.3 Å². The molecular weight excluding hydrogens is 320 g/mol. The SMILES string of the molecule is COCCN1CC[C@H]2N(CCn3ccc(C)n3)CCC[C@]2(C(=O)O)C1. The highest BCUT2D eigenvalue weighted by molar-refractivity contribution is 5.76. The quantitative estimate of drug-likeness (QED) is 0.793. The number of ether oxygens (including phenoxy) is 1. The summed E-state index contributed by atoms with van der Waals surface area (Å²) in [7, 11) is 1.69. The number of carboxylic acid groups (broad SMARTS) is 1. The van der Waals surface area contributed by atoms with E-state index in [0.29, 0.717) is 13.2 Å². The van der Waals surface area contributed by atoms with E-state index in [-0.39, 0.29) is 6.04 Å². The van der Waals surface area contributed by atoms with Gasteiger partial charge in [-0.1, -0.05) is 0 Å². The van der Waals surface area contributed by atoms with Crippen LogP contribution in [0.3, 0.4) is 0 Å². The first kappa shape index (κ1) is 18.4. The molecule has 0 radical (unpaired) electrons. The second-order valence-electron chi connectivity index (χ2n) is 7.39. The molecule has 1 N–H and O–H groups in total. The summed E-state index contributed by atoms with van der Waals surface area (Å²) in [6, 6.07) is 2.13. The molecule has 7 heteroatoms. The third-order valence-corrected chi connectivity index (χ3v) is 5.80. The first-order valence-corrected chi connectivity index (χ1v) is 9.24. The first-order valence-electron chi connectivity index (χ1n) is 9.24. The normalized spacial score (nSPS) is 28.0. The van der Waals surface area contributed by atoms with E-state index >= 15 is 0 Å². The first-order chi connectivity index (χ1) is 12.0. The zero-order valence-electron chi connectivity index (χ0n) is 15.4. The highest BCUT2D eigenvalue weighted by Gasteiger charge is 2.53. The molecule has 0 aliphatic carbocycles. The van der Waals surface area contributed by atoms with Crippen molar-refractivity contribution in [2.75, 3.05) is 46.4 Å². The molecule has 7 nitrogen and oxygen atoms in total. The van der Waals surface area contributed by atoms with Crippen LogP contribution in [0.5, 0.6) is 0 Å². The van der Waals surface area contributed by atoms with Crippen molar-refractivity contribution in [3.05, 3.63) is 18.0 Å². The molecule has 2 fully saturated rings. The molecular formula is C18H30N4O3. The molecule has 2 aliphatic heterocycles.